The summed E-state index contributed by atoms with van der Waals surface area (Å²) in [6.45, 7) is 0.518. The monoisotopic (exact) mass is 315 g/mol. The van der Waals surface area contributed by atoms with E-state index in [1.54, 1.807) is 12.1 Å². The van der Waals surface area contributed by atoms with Gasteiger partial charge in [0.1, 0.15) is 12.4 Å². The number of rotatable bonds is 3. The van der Waals surface area contributed by atoms with Crippen molar-refractivity contribution in [3.8, 4) is 5.75 Å². The van der Waals surface area contributed by atoms with Gasteiger partial charge >= 0.3 is 12.1 Å². The molecule has 118 valence electrons. The van der Waals surface area contributed by atoms with Crippen molar-refractivity contribution in [2.75, 3.05) is 0 Å². The predicted octanol–water partition coefficient (Wildman–Crippen LogP) is 2.53. The van der Waals surface area contributed by atoms with Gasteiger partial charge in [-0.15, -0.1) is 0 Å². The van der Waals surface area contributed by atoms with Crippen LogP contribution in [-0.4, -0.2) is 17.3 Å². The average Bonchev–Trinajstić information content (AvgIpc) is 2.47. The zero-order chi connectivity index (χ0) is 16.6. The number of aliphatic carboxylic acids is 1. The van der Waals surface area contributed by atoms with Gasteiger partial charge in [0, 0.05) is 12.1 Å². The number of carboxylic acids is 1. The topological polar surface area (TPSA) is 73.5 Å². The Morgan fingerprint density at radius 2 is 1.64 bits per heavy atom. The van der Waals surface area contributed by atoms with E-state index in [4.69, 9.17) is 14.6 Å². The van der Waals surface area contributed by atoms with Crippen molar-refractivity contribution >= 4 is 5.97 Å². The van der Waals surface area contributed by atoms with Gasteiger partial charge in [0.15, 0.2) is 12.4 Å². The number of pyridine rings is 1. The Morgan fingerprint density at radius 1 is 1.14 bits per heavy atom. The Morgan fingerprint density at radius 3 is 2.09 bits per heavy atom. The third kappa shape index (κ3) is 6.60. The Balaban J connectivity index is 0.000000295. The number of hydrogen-bond acceptors (Lipinski definition) is 3. The van der Waals surface area contributed by atoms with Crippen molar-refractivity contribution in [2.45, 2.75) is 12.8 Å². The molecule has 0 radical (unpaired) electrons. The lowest BCUT2D eigenvalue weighted by atomic mass is 10.2. The molecule has 0 fully saturated rings. The summed E-state index contributed by atoms with van der Waals surface area (Å²) in [5.74, 6) is -2.06. The molecule has 0 saturated heterocycles. The first-order valence-corrected chi connectivity index (χ1v) is 5.94. The second-order valence-electron chi connectivity index (χ2n) is 3.97. The summed E-state index contributed by atoms with van der Waals surface area (Å²) in [6.07, 6.45) is -2.25. The van der Waals surface area contributed by atoms with Crippen molar-refractivity contribution in [3.63, 3.8) is 0 Å². The SMILES string of the molecule is O=C(O)C(F)(F)F.[O-][n+]1ccc(OCc2ccccc2)cc1. The highest BCUT2D eigenvalue weighted by Crippen LogP contribution is 2.13. The van der Waals surface area contributed by atoms with E-state index in [2.05, 4.69) is 0 Å². The molecule has 0 bridgehead atoms. The molecule has 0 unspecified atom stereocenters. The van der Waals surface area contributed by atoms with Gasteiger partial charge in [0.05, 0.1) is 0 Å². The van der Waals surface area contributed by atoms with Crippen LogP contribution in [0.5, 0.6) is 5.75 Å². The first-order chi connectivity index (χ1) is 10.3. The Bertz CT molecular complexity index is 585. The zero-order valence-corrected chi connectivity index (χ0v) is 11.2. The molecule has 0 aliphatic heterocycles. The van der Waals surface area contributed by atoms with Crippen LogP contribution in [0.4, 0.5) is 13.2 Å². The molecule has 0 aliphatic rings. The first kappa shape index (κ1) is 17.3. The van der Waals surface area contributed by atoms with E-state index in [9.17, 15) is 18.4 Å². The number of carboxylic acid groups (broad SMARTS) is 1. The van der Waals surface area contributed by atoms with Gasteiger partial charge in [-0.3, -0.25) is 0 Å². The van der Waals surface area contributed by atoms with Crippen molar-refractivity contribution in [1.29, 1.82) is 0 Å². The minimum absolute atomic E-state index is 0.518. The molecule has 0 amide bonds. The minimum atomic E-state index is -5.08. The minimum Gasteiger partial charge on any atom is -0.619 e. The largest absolute Gasteiger partial charge is 0.619 e. The van der Waals surface area contributed by atoms with Gasteiger partial charge in [0.2, 0.25) is 0 Å². The van der Waals surface area contributed by atoms with E-state index in [0.717, 1.165) is 10.3 Å². The maximum Gasteiger partial charge on any atom is 0.490 e. The lowest BCUT2D eigenvalue weighted by molar-refractivity contribution is -0.605. The number of hydrogen-bond donors (Lipinski definition) is 1. The van der Waals surface area contributed by atoms with Crippen LogP contribution in [0.15, 0.2) is 54.9 Å². The Hall–Kier alpha value is -2.77. The predicted molar refractivity (Wildman–Crippen MR) is 69.9 cm³/mol. The van der Waals surface area contributed by atoms with E-state index >= 15 is 0 Å². The van der Waals surface area contributed by atoms with Crippen molar-refractivity contribution in [1.82, 2.24) is 0 Å². The van der Waals surface area contributed by atoms with E-state index < -0.39 is 12.1 Å². The molecule has 0 atom stereocenters. The van der Waals surface area contributed by atoms with Crippen LogP contribution >= 0.6 is 0 Å². The molecule has 2 aromatic rings. The van der Waals surface area contributed by atoms with E-state index in [-0.39, 0.29) is 0 Å². The number of benzene rings is 1. The lowest BCUT2D eigenvalue weighted by Crippen LogP contribution is -2.23. The van der Waals surface area contributed by atoms with Crippen LogP contribution in [0.2, 0.25) is 0 Å². The molecule has 1 N–H and O–H groups in total. The summed E-state index contributed by atoms with van der Waals surface area (Å²) in [4.78, 5) is 8.90. The number of aromatic nitrogens is 1. The summed E-state index contributed by atoms with van der Waals surface area (Å²) >= 11 is 0. The first-order valence-electron chi connectivity index (χ1n) is 5.94. The molecule has 8 heteroatoms. The third-order valence-electron chi connectivity index (χ3n) is 2.26. The third-order valence-corrected chi connectivity index (χ3v) is 2.26. The number of alkyl halides is 3. The molecule has 1 aromatic carbocycles. The van der Waals surface area contributed by atoms with E-state index in [0.29, 0.717) is 12.4 Å². The number of ether oxygens (including phenoxy) is 1. The highest BCUT2D eigenvalue weighted by molar-refractivity contribution is 5.73. The van der Waals surface area contributed by atoms with E-state index in [1.165, 1.54) is 12.4 Å². The van der Waals surface area contributed by atoms with Gasteiger partial charge in [-0.1, -0.05) is 30.3 Å². The van der Waals surface area contributed by atoms with Gasteiger partial charge in [0.25, 0.3) is 0 Å². The van der Waals surface area contributed by atoms with Crippen LogP contribution in [0, 0.1) is 5.21 Å². The number of halogens is 3. The summed E-state index contributed by atoms with van der Waals surface area (Å²) < 4.78 is 38.0. The van der Waals surface area contributed by atoms with Gasteiger partial charge in [-0.05, 0) is 5.56 Å². The van der Waals surface area contributed by atoms with Crippen LogP contribution < -0.4 is 9.47 Å². The quantitative estimate of drug-likeness (QED) is 0.698. The van der Waals surface area contributed by atoms with Gasteiger partial charge in [-0.25, -0.2) is 4.79 Å². The van der Waals surface area contributed by atoms with Crippen molar-refractivity contribution in [2.24, 2.45) is 0 Å². The summed E-state index contributed by atoms with van der Waals surface area (Å²) in [6, 6.07) is 13.2. The molecule has 1 heterocycles. The van der Waals surface area contributed by atoms with Gasteiger partial charge in [-0.2, -0.15) is 17.9 Å². The Kier molecular flexibility index (Phi) is 6.18. The fourth-order valence-corrected chi connectivity index (χ4v) is 1.24. The maximum absolute atomic E-state index is 10.8. The summed E-state index contributed by atoms with van der Waals surface area (Å²) in [7, 11) is 0. The lowest BCUT2D eigenvalue weighted by Gasteiger charge is -2.05. The number of nitrogens with zero attached hydrogens (tertiary/aromatic N) is 1. The summed E-state index contributed by atoms with van der Waals surface area (Å²) in [5, 5.41) is 17.9. The highest BCUT2D eigenvalue weighted by atomic mass is 19.4. The fraction of sp³-hybridized carbons (Fsp3) is 0.143. The standard InChI is InChI=1S/C12H11NO2.C2HF3O2/c14-13-8-6-12(7-9-13)15-10-11-4-2-1-3-5-11;3-2(4,5)1(6)7/h1-9H,10H2;(H,6,7). The second-order valence-corrected chi connectivity index (χ2v) is 3.97. The smallest absolute Gasteiger partial charge is 0.490 e. The highest BCUT2D eigenvalue weighted by Gasteiger charge is 2.38. The molecule has 1 aromatic heterocycles. The molecule has 0 spiro atoms. The van der Waals surface area contributed by atoms with Crippen LogP contribution in [0.25, 0.3) is 0 Å². The van der Waals surface area contributed by atoms with Crippen molar-refractivity contribution < 1.29 is 32.5 Å². The molecule has 2 rings (SSSR count). The maximum atomic E-state index is 10.8. The zero-order valence-electron chi connectivity index (χ0n) is 11.2. The average molecular weight is 315 g/mol. The van der Waals surface area contributed by atoms with Crippen LogP contribution in [0.1, 0.15) is 5.56 Å². The molecule has 5 nitrogen and oxygen atoms in total. The second kappa shape index (κ2) is 7.87. The van der Waals surface area contributed by atoms with Crippen LogP contribution in [-0.2, 0) is 11.4 Å². The van der Waals surface area contributed by atoms with Crippen LogP contribution in [0.3, 0.4) is 0 Å². The van der Waals surface area contributed by atoms with E-state index in [1.807, 2.05) is 30.3 Å². The Labute approximate surface area is 123 Å². The number of carbonyl (C=O) groups is 1. The van der Waals surface area contributed by atoms with Crippen molar-refractivity contribution in [3.05, 3.63) is 65.6 Å². The molecule has 0 aliphatic carbocycles. The molecule has 0 saturated carbocycles. The molecular weight excluding hydrogens is 303 g/mol. The molecule has 22 heavy (non-hydrogen) atoms. The fourth-order valence-electron chi connectivity index (χ4n) is 1.24. The normalized spacial score (nSPS) is 10.3. The molecular formula is C14H12F3NO4. The van der Waals surface area contributed by atoms with Gasteiger partial charge < -0.3 is 15.1 Å². The summed E-state index contributed by atoms with van der Waals surface area (Å²) in [5.41, 5.74) is 1.11.